The van der Waals surface area contributed by atoms with Crippen LogP contribution in [0.5, 0.6) is 0 Å². The lowest BCUT2D eigenvalue weighted by Crippen LogP contribution is -2.36. The zero-order chi connectivity index (χ0) is 36.8. The number of benzene rings is 7. The number of rotatable bonds is 3. The fraction of sp³-hybridized carbons (Fsp3) is 0.0192. The Hall–Kier alpha value is -7.43. The van der Waals surface area contributed by atoms with Gasteiger partial charge in [-0.05, 0) is 64.2 Å². The number of anilines is 3. The van der Waals surface area contributed by atoms with E-state index in [0.29, 0.717) is 0 Å². The summed E-state index contributed by atoms with van der Waals surface area (Å²) in [7, 11) is 0. The summed E-state index contributed by atoms with van der Waals surface area (Å²) in [6.45, 7) is 0. The first-order valence-electron chi connectivity index (χ1n) is 19.1. The molecule has 0 saturated carbocycles. The molecule has 0 fully saturated rings. The van der Waals surface area contributed by atoms with Crippen LogP contribution in [0.3, 0.4) is 0 Å². The monoisotopic (exact) mass is 712 g/mol. The minimum absolute atomic E-state index is 0.628. The predicted octanol–water partition coefficient (Wildman–Crippen LogP) is 12.8. The van der Waals surface area contributed by atoms with E-state index in [0.717, 1.165) is 72.4 Å². The van der Waals surface area contributed by atoms with Crippen molar-refractivity contribution in [1.82, 2.24) is 15.0 Å². The Balaban J connectivity index is 1.16. The van der Waals surface area contributed by atoms with E-state index >= 15 is 0 Å². The molecule has 10 aromatic rings. The largest absolute Gasteiger partial charge is 0.294 e. The maximum atomic E-state index is 5.52. The van der Waals surface area contributed by atoms with Crippen molar-refractivity contribution in [3.8, 4) is 33.6 Å². The van der Waals surface area contributed by atoms with Gasteiger partial charge in [-0.25, -0.2) is 15.0 Å². The molecular weight excluding hydrogens is 681 g/mol. The highest BCUT2D eigenvalue weighted by Gasteiger charge is 2.53. The van der Waals surface area contributed by atoms with Crippen LogP contribution in [0.15, 0.2) is 194 Å². The van der Waals surface area contributed by atoms with Gasteiger partial charge in [0.05, 0.1) is 44.7 Å². The van der Waals surface area contributed by atoms with E-state index < -0.39 is 5.41 Å². The molecule has 0 saturated heterocycles. The molecule has 3 aromatic heterocycles. The Bertz CT molecular complexity index is 3160. The molecule has 1 aliphatic carbocycles. The average Bonchev–Trinajstić information content (AvgIpc) is 3.58. The summed E-state index contributed by atoms with van der Waals surface area (Å²) in [5, 5.41) is 3.28. The van der Waals surface area contributed by atoms with Crippen molar-refractivity contribution < 1.29 is 0 Å². The number of hydrogen-bond acceptors (Lipinski definition) is 4. The van der Waals surface area contributed by atoms with Gasteiger partial charge < -0.3 is 0 Å². The third kappa shape index (κ3) is 4.21. The van der Waals surface area contributed by atoms with Gasteiger partial charge in [-0.15, -0.1) is 0 Å². The average molecular weight is 713 g/mol. The second-order valence-electron chi connectivity index (χ2n) is 14.7. The molecule has 1 aliphatic heterocycles. The molecule has 56 heavy (non-hydrogen) atoms. The van der Waals surface area contributed by atoms with E-state index in [9.17, 15) is 0 Å². The number of hydrogen-bond donors (Lipinski definition) is 0. The fourth-order valence-electron chi connectivity index (χ4n) is 9.54. The molecule has 260 valence electrons. The molecule has 0 radical (unpaired) electrons. The van der Waals surface area contributed by atoms with Crippen molar-refractivity contribution in [2.24, 2.45) is 0 Å². The van der Waals surface area contributed by atoms with E-state index in [-0.39, 0.29) is 0 Å². The molecule has 0 atom stereocenters. The van der Waals surface area contributed by atoms with Crippen LogP contribution >= 0.6 is 0 Å². The molecule has 0 unspecified atom stereocenters. The van der Waals surface area contributed by atoms with Crippen LogP contribution in [0.25, 0.3) is 66.4 Å². The van der Waals surface area contributed by atoms with E-state index in [1.807, 2.05) is 6.07 Å². The topological polar surface area (TPSA) is 41.9 Å². The van der Waals surface area contributed by atoms with Gasteiger partial charge in [0.15, 0.2) is 0 Å². The Kier molecular flexibility index (Phi) is 6.52. The lowest BCUT2D eigenvalue weighted by molar-refractivity contribution is 0.757. The van der Waals surface area contributed by atoms with E-state index in [2.05, 4.69) is 193 Å². The van der Waals surface area contributed by atoms with E-state index in [4.69, 9.17) is 15.0 Å². The Morgan fingerprint density at radius 1 is 0.411 bits per heavy atom. The zero-order valence-corrected chi connectivity index (χ0v) is 30.3. The lowest BCUT2D eigenvalue weighted by atomic mass is 9.64. The van der Waals surface area contributed by atoms with Crippen molar-refractivity contribution in [3.63, 3.8) is 0 Å². The molecule has 4 heterocycles. The van der Waals surface area contributed by atoms with Crippen molar-refractivity contribution in [1.29, 1.82) is 0 Å². The minimum Gasteiger partial charge on any atom is -0.294 e. The molecule has 0 N–H and O–H groups in total. The van der Waals surface area contributed by atoms with Gasteiger partial charge in [-0.1, -0.05) is 158 Å². The molecule has 12 rings (SSSR count). The van der Waals surface area contributed by atoms with Crippen LogP contribution < -0.4 is 4.90 Å². The summed E-state index contributed by atoms with van der Waals surface area (Å²) in [5.41, 5.74) is 15.8. The van der Waals surface area contributed by atoms with Gasteiger partial charge in [0, 0.05) is 32.8 Å². The number of nitrogens with zero attached hydrogens (tertiary/aromatic N) is 4. The van der Waals surface area contributed by atoms with Crippen molar-refractivity contribution in [2.45, 2.75) is 5.41 Å². The lowest BCUT2D eigenvalue weighted by Gasteiger charge is -2.45. The summed E-state index contributed by atoms with van der Waals surface area (Å²) in [4.78, 5) is 18.5. The molecule has 0 bridgehead atoms. The second-order valence-corrected chi connectivity index (χ2v) is 14.7. The van der Waals surface area contributed by atoms with Gasteiger partial charge in [-0.2, -0.15) is 0 Å². The van der Waals surface area contributed by atoms with Crippen molar-refractivity contribution in [2.75, 3.05) is 4.90 Å². The summed E-state index contributed by atoms with van der Waals surface area (Å²) in [5.74, 6) is 0.850. The quantitative estimate of drug-likeness (QED) is 0.171. The SMILES string of the molecule is c1ccc(-c2ccc3ccc4ccc(N5c6ccccc6C6(c7ccccc7-c7c(-c8ccccc8)nc8ccccc8c76)c6ccccc65)nc4c3n2)cc1. The first-order valence-corrected chi connectivity index (χ1v) is 19.1. The molecule has 0 amide bonds. The predicted molar refractivity (Wildman–Crippen MR) is 229 cm³/mol. The number of para-hydroxylation sites is 3. The van der Waals surface area contributed by atoms with Crippen LogP contribution in [0.1, 0.15) is 22.3 Å². The van der Waals surface area contributed by atoms with E-state index in [1.54, 1.807) is 0 Å². The van der Waals surface area contributed by atoms with Crippen LogP contribution in [-0.2, 0) is 5.41 Å². The Morgan fingerprint density at radius 2 is 0.964 bits per heavy atom. The minimum atomic E-state index is -0.628. The molecular formula is C52H32N4. The normalized spacial score (nSPS) is 13.5. The fourth-order valence-corrected chi connectivity index (χ4v) is 9.54. The van der Waals surface area contributed by atoms with Crippen LogP contribution in [0.4, 0.5) is 17.2 Å². The highest BCUT2D eigenvalue weighted by molar-refractivity contribution is 6.08. The molecule has 1 spiro atoms. The summed E-state index contributed by atoms with van der Waals surface area (Å²) in [6, 6.07) is 69.4. The van der Waals surface area contributed by atoms with Gasteiger partial charge in [0.1, 0.15) is 5.82 Å². The molecule has 4 heteroatoms. The molecule has 4 nitrogen and oxygen atoms in total. The van der Waals surface area contributed by atoms with Crippen molar-refractivity contribution >= 4 is 49.9 Å². The summed E-state index contributed by atoms with van der Waals surface area (Å²) >= 11 is 0. The van der Waals surface area contributed by atoms with Crippen LogP contribution in [0.2, 0.25) is 0 Å². The van der Waals surface area contributed by atoms with Gasteiger partial charge in [0.25, 0.3) is 0 Å². The highest BCUT2D eigenvalue weighted by Crippen LogP contribution is 2.65. The first kappa shape index (κ1) is 31.0. The Labute approximate surface area is 324 Å². The third-order valence-electron chi connectivity index (χ3n) is 11.8. The summed E-state index contributed by atoms with van der Waals surface area (Å²) in [6.07, 6.45) is 0. The number of pyridine rings is 3. The standard InChI is InChI=1S/C52H32N4/c1-3-15-33(16-4-1)42-31-29-35-27-28-36-30-32-46(55-51(36)50(35)53-42)56-44-25-13-10-22-40(44)52(41-23-11-14-26-45(41)56)39-21-9-7-19-37(39)47-48(52)38-20-8-12-24-43(38)54-49(47)34-17-5-2-6-18-34/h1-32H. The van der Waals surface area contributed by atoms with Crippen LogP contribution in [0, 0.1) is 0 Å². The van der Waals surface area contributed by atoms with E-state index in [1.165, 1.54) is 33.4 Å². The maximum absolute atomic E-state index is 5.52. The van der Waals surface area contributed by atoms with Crippen LogP contribution in [-0.4, -0.2) is 15.0 Å². The molecule has 7 aromatic carbocycles. The summed E-state index contributed by atoms with van der Waals surface area (Å²) < 4.78 is 0. The Morgan fingerprint density at radius 3 is 1.70 bits per heavy atom. The first-order chi connectivity index (χ1) is 27.8. The second kappa shape index (κ2) is 11.8. The van der Waals surface area contributed by atoms with Gasteiger partial charge in [-0.3, -0.25) is 4.90 Å². The van der Waals surface area contributed by atoms with Gasteiger partial charge in [0.2, 0.25) is 0 Å². The highest BCUT2D eigenvalue weighted by atomic mass is 15.2. The third-order valence-corrected chi connectivity index (χ3v) is 11.8. The number of aromatic nitrogens is 3. The smallest absolute Gasteiger partial charge is 0.138 e. The van der Waals surface area contributed by atoms with Crippen molar-refractivity contribution in [3.05, 3.63) is 216 Å². The zero-order valence-electron chi connectivity index (χ0n) is 30.3. The van der Waals surface area contributed by atoms with Gasteiger partial charge >= 0.3 is 0 Å². The number of fused-ring (bicyclic) bond motifs is 14. The maximum Gasteiger partial charge on any atom is 0.138 e. The molecule has 2 aliphatic rings.